The molecule has 1 unspecified atom stereocenters. The van der Waals surface area contributed by atoms with Crippen molar-refractivity contribution < 1.29 is 222 Å². The Balaban J connectivity index is 0.764. The quantitative estimate of drug-likeness (QED) is 0.0185. The van der Waals surface area contributed by atoms with Gasteiger partial charge in [0.25, 0.3) is 0 Å². The topological polar surface area (TPSA) is 689 Å². The van der Waals surface area contributed by atoms with Gasteiger partial charge in [-0.1, -0.05) is 46.3 Å². The van der Waals surface area contributed by atoms with Crippen LogP contribution in [0.3, 0.4) is 0 Å². The minimum absolute atomic E-state index is 0.0838. The molecule has 4 saturated carbocycles. The second kappa shape index (κ2) is 38.5. The van der Waals surface area contributed by atoms with Crippen molar-refractivity contribution in [2.45, 2.75) is 384 Å². The molecule has 0 aromatic heterocycles. The molecule has 9 saturated heterocycles. The molecule has 0 aromatic rings. The summed E-state index contributed by atoms with van der Waals surface area (Å²) in [5.74, 6) is -4.95. The molecular weight excluding hydrogens is 1700 g/mol. The summed E-state index contributed by atoms with van der Waals surface area (Å²) in [5, 5.41) is 243. The Labute approximate surface area is 729 Å². The van der Waals surface area contributed by atoms with Gasteiger partial charge in [0.1, 0.15) is 164 Å². The highest BCUT2D eigenvalue weighted by Crippen LogP contribution is 2.73. The van der Waals surface area contributed by atoms with Gasteiger partial charge >= 0.3 is 17.9 Å². The van der Waals surface area contributed by atoms with Gasteiger partial charge in [0, 0.05) is 6.92 Å². The van der Waals surface area contributed by atoms with Crippen molar-refractivity contribution in [2.75, 3.05) is 39.6 Å². The minimum Gasteiger partial charge on any atom is -0.479 e. The standard InChI is InChI=1S/C82H128O45/c1-28-42(90)46(94)50(98)69(112-28)124-62-57(115-31(4)87)30(3)114-73(64(62)126-72-55(103)60(122-70-51(99)47(95)44(92)37(21-83)116-70)56(29(2)113-72)119-68-54(102)58(36(89)24-110-68)120-75-65(104)82(108,26-86)27-111-75)127-76(107)81-17-12-33-32(34(81)20-77(5,6)18-19-81)10-11-39-78(33,7)15-13-40-79(39,8)16-14-41(80(40,9)25-85)118-74-63(125-71-52(100)48(96)45(93)38(22-84)117-71)59(53(101)61(123-74)66(105)106)121-67-49(97)43(91)35(88)23-109-67/h10,25,28-30,33-65,67-75,83-84,86,88-104,108H,11-24,26-27H2,1-9H3,(H,105,106)/t28-,29-,30+,33?,34-,35+,36+,37+,38+,39-,40+,41-,42-,43-,44+,45-,46+,47-,48-,49+,50+,51+,52+,53-,54+,55+,56-,57-,58-,59-,60-,61-,62-,63+,64+,65-,67-,68-,69-,70-,71-,72-,73-,74+,75-,78-,79+,80-,81+,82+/m0/s1. The molecular formula is C82H128O45. The lowest BCUT2D eigenvalue weighted by Gasteiger charge is -2.68. The molecule has 0 bridgehead atoms. The molecule has 0 aromatic carbocycles. The van der Waals surface area contributed by atoms with E-state index < -0.39 is 354 Å². The molecule has 9 aliphatic heterocycles. The average Bonchev–Trinajstić information content (AvgIpc) is 1.46. The molecule has 45 nitrogen and oxygen atoms in total. The van der Waals surface area contributed by atoms with Crippen LogP contribution in [0, 0.1) is 50.7 Å². The Morgan fingerprint density at radius 3 is 1.54 bits per heavy atom. The minimum atomic E-state index is -2.31. The molecule has 50 atom stereocenters. The molecule has 22 N–H and O–H groups in total. The number of aldehydes is 1. The monoisotopic (exact) mass is 1830 g/mol. The van der Waals surface area contributed by atoms with Crippen molar-refractivity contribution in [3.63, 3.8) is 0 Å². The number of carboxylic acids is 1. The molecule has 13 fully saturated rings. The van der Waals surface area contributed by atoms with Gasteiger partial charge in [0.05, 0.1) is 74.9 Å². The van der Waals surface area contributed by atoms with Gasteiger partial charge < -0.3 is 207 Å². The van der Waals surface area contributed by atoms with Gasteiger partial charge in [-0.15, -0.1) is 0 Å². The number of ether oxygens (including phenoxy) is 19. The first-order chi connectivity index (χ1) is 59.7. The van der Waals surface area contributed by atoms with Crippen molar-refractivity contribution in [1.82, 2.24) is 0 Å². The Kier molecular flexibility index (Phi) is 30.1. The maximum Gasteiger partial charge on any atom is 0.335 e. The van der Waals surface area contributed by atoms with Crippen LogP contribution >= 0.6 is 0 Å². The number of carboxylic acid groups (broad SMARTS) is 1. The fraction of sp³-hybridized carbons (Fsp3) is 0.927. The van der Waals surface area contributed by atoms with Gasteiger partial charge in [-0.25, -0.2) is 4.79 Å². The number of allylic oxidation sites excluding steroid dienone is 2. The summed E-state index contributed by atoms with van der Waals surface area (Å²) in [5.41, 5.74) is -5.73. The normalized spacial score (nSPS) is 53.6. The molecule has 5 aliphatic carbocycles. The van der Waals surface area contributed by atoms with Crippen LogP contribution < -0.4 is 0 Å². The third-order valence-corrected chi connectivity index (χ3v) is 30.2. The highest BCUT2D eigenvalue weighted by molar-refractivity contribution is 5.79. The third kappa shape index (κ3) is 18.3. The molecule has 0 radical (unpaired) electrons. The second-order valence-electron chi connectivity index (χ2n) is 38.7. The van der Waals surface area contributed by atoms with E-state index in [-0.39, 0.29) is 31.1 Å². The second-order valence-corrected chi connectivity index (χ2v) is 38.7. The van der Waals surface area contributed by atoms with E-state index in [1.807, 2.05) is 0 Å². The lowest BCUT2D eigenvalue weighted by molar-refractivity contribution is -0.404. The van der Waals surface area contributed by atoms with E-state index in [1.165, 1.54) is 20.8 Å². The summed E-state index contributed by atoms with van der Waals surface area (Å²) >= 11 is 0. The summed E-state index contributed by atoms with van der Waals surface area (Å²) in [6.07, 6.45) is -70.8. The zero-order valence-electron chi connectivity index (χ0n) is 71.7. The number of carbonyl (C=O) groups is 4. The summed E-state index contributed by atoms with van der Waals surface area (Å²) in [6, 6.07) is 0. The number of rotatable bonds is 24. The molecule has 9 heterocycles. The van der Waals surface area contributed by atoms with Crippen molar-refractivity contribution in [3.05, 3.63) is 11.6 Å². The smallest absolute Gasteiger partial charge is 0.335 e. The Bertz CT molecular complexity index is 3790. The summed E-state index contributed by atoms with van der Waals surface area (Å²) < 4.78 is 117. The zero-order valence-corrected chi connectivity index (χ0v) is 71.7. The number of hydrogen-bond acceptors (Lipinski definition) is 44. The number of aliphatic hydroxyl groups is 21. The van der Waals surface area contributed by atoms with E-state index in [9.17, 15) is 127 Å². The number of hydrogen-bond donors (Lipinski definition) is 22. The first-order valence-electron chi connectivity index (χ1n) is 43.7. The van der Waals surface area contributed by atoms with E-state index >= 15 is 4.79 Å². The summed E-state index contributed by atoms with van der Waals surface area (Å²) in [6.45, 7) is 10.6. The van der Waals surface area contributed by atoms with E-state index in [1.54, 1.807) is 6.92 Å². The van der Waals surface area contributed by atoms with Crippen molar-refractivity contribution in [3.8, 4) is 0 Å². The molecule has 127 heavy (non-hydrogen) atoms. The summed E-state index contributed by atoms with van der Waals surface area (Å²) in [7, 11) is 0. The molecule has 0 amide bonds. The predicted octanol–water partition coefficient (Wildman–Crippen LogP) is -8.46. The van der Waals surface area contributed by atoms with Crippen LogP contribution in [-0.4, -0.2) is 434 Å². The highest BCUT2D eigenvalue weighted by Gasteiger charge is 2.70. The maximum atomic E-state index is 16.5. The number of esters is 2. The molecule has 45 heteroatoms. The third-order valence-electron chi connectivity index (χ3n) is 30.2. The molecule has 14 aliphatic rings. The van der Waals surface area contributed by atoms with E-state index in [0.29, 0.717) is 44.9 Å². The zero-order chi connectivity index (χ0) is 92.5. The van der Waals surface area contributed by atoms with Crippen molar-refractivity contribution in [2.24, 2.45) is 50.7 Å². The van der Waals surface area contributed by atoms with Gasteiger partial charge in [0.15, 0.2) is 68.6 Å². The van der Waals surface area contributed by atoms with Crippen LogP contribution in [0.2, 0.25) is 0 Å². The van der Waals surface area contributed by atoms with Crippen molar-refractivity contribution >= 4 is 24.2 Å². The lowest BCUT2D eigenvalue weighted by atomic mass is 9.37. The SMILES string of the molecule is CC(=O)O[C@@H]1[C@H](O[C@@H]2O[C@@H](C)[C@H](O)[C@@H](O)[C@H]2O)[C@@H](O[C@@H]2O[C@@H](C)[C@H](O[C@@H]3OC[C@@H](O)[C@H](O[C@@H]4OC[C@](O)(CO)[C@H]4O)[C@H]3O)[C@@H](O[C@@H]3O[C@H](CO)[C@@H](O)[C@H](O)[C@H]3O)[C@H]2O)[C@H](OC(=O)[C@@]23CCC4C(=CC[C@@H]5[C@@]6(C)CC[C@H](O[C@@H]7O[C@H](C(=O)O)[C@@H](O)[C@H](O[C@@H]8OC[C@@H](O)[C@H](O)[C@H]8O)[C@H]7O[C@@H]7O[C@H](CO)[C@H](O)[C@H](O)[C@H]7O)[C@@](C)(C=O)[C@@H]6CC[C@@]45C)[C@@H]2CC(C)(C)CC3)O[C@@H]1C. The first kappa shape index (κ1) is 99.3. The number of aliphatic hydroxyl groups excluding tert-OH is 20. The number of aliphatic carboxylic acids is 1. The summed E-state index contributed by atoms with van der Waals surface area (Å²) in [4.78, 5) is 57.4. The van der Waals surface area contributed by atoms with Crippen LogP contribution in [0.5, 0.6) is 0 Å². The lowest BCUT2D eigenvalue weighted by Crippen LogP contribution is -2.68. The van der Waals surface area contributed by atoms with E-state index in [2.05, 4.69) is 33.8 Å². The fourth-order valence-corrected chi connectivity index (χ4v) is 22.8. The van der Waals surface area contributed by atoms with Gasteiger partial charge in [-0.2, -0.15) is 0 Å². The van der Waals surface area contributed by atoms with Crippen molar-refractivity contribution in [1.29, 1.82) is 0 Å². The van der Waals surface area contributed by atoms with Crippen LogP contribution in [-0.2, 0) is 109 Å². The van der Waals surface area contributed by atoms with Gasteiger partial charge in [-0.05, 0) is 125 Å². The van der Waals surface area contributed by atoms with E-state index in [0.717, 1.165) is 18.8 Å². The van der Waals surface area contributed by atoms with Crippen LogP contribution in [0.1, 0.15) is 127 Å². The largest absolute Gasteiger partial charge is 0.479 e. The first-order valence-corrected chi connectivity index (χ1v) is 43.7. The van der Waals surface area contributed by atoms with Gasteiger partial charge in [-0.3, -0.25) is 9.59 Å². The molecule has 726 valence electrons. The number of carbonyl (C=O) groups excluding carboxylic acids is 3. The fourth-order valence-electron chi connectivity index (χ4n) is 22.8. The van der Waals surface area contributed by atoms with Crippen LogP contribution in [0.15, 0.2) is 11.6 Å². The number of fused-ring (bicyclic) bond motifs is 7. The average molecular weight is 1830 g/mol. The van der Waals surface area contributed by atoms with E-state index in [4.69, 9.17) is 90.0 Å². The molecule has 0 spiro atoms. The van der Waals surface area contributed by atoms with Crippen LogP contribution in [0.4, 0.5) is 0 Å². The maximum absolute atomic E-state index is 16.5. The molecule has 14 rings (SSSR count). The Morgan fingerprint density at radius 2 is 0.945 bits per heavy atom. The predicted molar refractivity (Wildman–Crippen MR) is 410 cm³/mol. The van der Waals surface area contributed by atoms with Gasteiger partial charge in [0.2, 0.25) is 6.29 Å². The Morgan fingerprint density at radius 1 is 0.441 bits per heavy atom. The van der Waals surface area contributed by atoms with Crippen LogP contribution in [0.25, 0.3) is 0 Å². The highest BCUT2D eigenvalue weighted by atomic mass is 16.8. The Hall–Kier alpha value is -3.70.